The van der Waals surface area contributed by atoms with E-state index in [9.17, 15) is 9.59 Å². The van der Waals surface area contributed by atoms with Gasteiger partial charge >= 0.3 is 0 Å². The first-order valence-electron chi connectivity index (χ1n) is 8.94. The number of halogens is 1. The molecule has 0 aliphatic heterocycles. The zero-order chi connectivity index (χ0) is 20.8. The molecule has 0 fully saturated rings. The van der Waals surface area contributed by atoms with Crippen molar-refractivity contribution in [3.63, 3.8) is 0 Å². The number of carbonyl (C=O) groups excluding carboxylic acids is 2. The minimum atomic E-state index is -0.338. The monoisotopic (exact) mass is 409 g/mol. The van der Waals surface area contributed by atoms with Crippen molar-refractivity contribution >= 4 is 29.0 Å². The number of rotatable bonds is 7. The highest BCUT2D eigenvalue weighted by Crippen LogP contribution is 2.30. The molecule has 0 unspecified atom stereocenters. The van der Waals surface area contributed by atoms with Gasteiger partial charge < -0.3 is 14.8 Å². The summed E-state index contributed by atoms with van der Waals surface area (Å²) >= 11 is 6.08. The number of aryl methyl sites for hydroxylation is 1. The van der Waals surface area contributed by atoms with Crippen molar-refractivity contribution in [3.05, 3.63) is 88.4 Å². The van der Waals surface area contributed by atoms with Crippen molar-refractivity contribution in [2.75, 3.05) is 19.0 Å². The maximum Gasteiger partial charge on any atom is 0.262 e. The Hall–Kier alpha value is -3.31. The predicted molar refractivity (Wildman–Crippen MR) is 113 cm³/mol. The first-order valence-corrected chi connectivity index (χ1v) is 9.32. The lowest BCUT2D eigenvalue weighted by atomic mass is 10.0. The third-order valence-electron chi connectivity index (χ3n) is 4.28. The molecule has 1 amide bonds. The van der Waals surface area contributed by atoms with Gasteiger partial charge in [0, 0.05) is 22.2 Å². The van der Waals surface area contributed by atoms with Gasteiger partial charge in [-0.15, -0.1) is 0 Å². The predicted octanol–water partition coefficient (Wildman–Crippen LogP) is 4.91. The molecule has 3 aromatic carbocycles. The van der Waals surface area contributed by atoms with E-state index in [1.54, 1.807) is 48.5 Å². The second-order valence-electron chi connectivity index (χ2n) is 6.36. The molecule has 0 spiro atoms. The van der Waals surface area contributed by atoms with Crippen LogP contribution in [0.5, 0.6) is 11.5 Å². The molecule has 0 aliphatic rings. The highest BCUT2D eigenvalue weighted by molar-refractivity contribution is 6.31. The van der Waals surface area contributed by atoms with Crippen LogP contribution in [0.25, 0.3) is 0 Å². The van der Waals surface area contributed by atoms with E-state index < -0.39 is 0 Å². The SMILES string of the molecule is COc1cc(Cl)c(C)cc1NC(=O)COc1ccc(C(=O)c2ccccc2)cc1. The van der Waals surface area contributed by atoms with Crippen LogP contribution in [0.15, 0.2) is 66.7 Å². The molecular formula is C23H20ClNO4. The highest BCUT2D eigenvalue weighted by atomic mass is 35.5. The zero-order valence-corrected chi connectivity index (χ0v) is 16.8. The molecule has 0 aromatic heterocycles. The fourth-order valence-corrected chi connectivity index (χ4v) is 2.88. The third-order valence-corrected chi connectivity index (χ3v) is 4.68. The number of methoxy groups -OCH3 is 1. The van der Waals surface area contributed by atoms with Gasteiger partial charge in [0.1, 0.15) is 11.5 Å². The van der Waals surface area contributed by atoms with Crippen molar-refractivity contribution < 1.29 is 19.1 Å². The number of ketones is 1. The first-order chi connectivity index (χ1) is 14.0. The van der Waals surface area contributed by atoms with E-state index in [0.717, 1.165) is 5.56 Å². The number of amides is 1. The smallest absolute Gasteiger partial charge is 0.262 e. The van der Waals surface area contributed by atoms with Crippen LogP contribution in [0.2, 0.25) is 5.02 Å². The van der Waals surface area contributed by atoms with Gasteiger partial charge in [0.25, 0.3) is 5.91 Å². The van der Waals surface area contributed by atoms with Crippen LogP contribution in [-0.4, -0.2) is 25.4 Å². The number of hydrogen-bond donors (Lipinski definition) is 1. The zero-order valence-electron chi connectivity index (χ0n) is 16.1. The van der Waals surface area contributed by atoms with Crippen molar-refractivity contribution in [2.24, 2.45) is 0 Å². The second kappa shape index (κ2) is 9.26. The van der Waals surface area contributed by atoms with Crippen molar-refractivity contribution in [2.45, 2.75) is 6.92 Å². The van der Waals surface area contributed by atoms with E-state index in [0.29, 0.717) is 33.3 Å². The van der Waals surface area contributed by atoms with Gasteiger partial charge in [-0.25, -0.2) is 0 Å². The van der Waals surface area contributed by atoms with Crippen molar-refractivity contribution in [1.82, 2.24) is 0 Å². The van der Waals surface area contributed by atoms with Crippen LogP contribution < -0.4 is 14.8 Å². The second-order valence-corrected chi connectivity index (χ2v) is 6.77. The number of hydrogen-bond acceptors (Lipinski definition) is 4. The molecule has 0 radical (unpaired) electrons. The summed E-state index contributed by atoms with van der Waals surface area (Å²) in [4.78, 5) is 24.6. The summed E-state index contributed by atoms with van der Waals surface area (Å²) in [6.07, 6.45) is 0. The van der Waals surface area contributed by atoms with E-state index in [2.05, 4.69) is 5.32 Å². The fraction of sp³-hybridized carbons (Fsp3) is 0.130. The highest BCUT2D eigenvalue weighted by Gasteiger charge is 2.12. The van der Waals surface area contributed by atoms with Crippen LogP contribution in [-0.2, 0) is 4.79 Å². The van der Waals surface area contributed by atoms with Gasteiger partial charge in [-0.05, 0) is 42.8 Å². The summed E-state index contributed by atoms with van der Waals surface area (Å²) in [6, 6.07) is 19.1. The summed E-state index contributed by atoms with van der Waals surface area (Å²) in [5.41, 5.74) is 2.51. The maximum absolute atomic E-state index is 12.4. The molecule has 0 atom stereocenters. The molecule has 3 rings (SSSR count). The summed E-state index contributed by atoms with van der Waals surface area (Å²) in [7, 11) is 1.51. The Bertz CT molecular complexity index is 1020. The van der Waals surface area contributed by atoms with Gasteiger partial charge in [-0.3, -0.25) is 9.59 Å². The quantitative estimate of drug-likeness (QED) is 0.563. The lowest BCUT2D eigenvalue weighted by molar-refractivity contribution is -0.118. The Morgan fingerprint density at radius 2 is 1.62 bits per heavy atom. The van der Waals surface area contributed by atoms with Gasteiger partial charge in [0.2, 0.25) is 0 Å². The van der Waals surface area contributed by atoms with Gasteiger partial charge in [-0.1, -0.05) is 41.9 Å². The standard InChI is InChI=1S/C23H20ClNO4/c1-15-12-20(21(28-2)13-19(15)24)25-22(26)14-29-18-10-8-17(9-11-18)23(27)16-6-4-3-5-7-16/h3-13H,14H2,1-2H3,(H,25,26). The number of nitrogens with one attached hydrogen (secondary N) is 1. The van der Waals surface area contributed by atoms with Crippen LogP contribution in [0.1, 0.15) is 21.5 Å². The summed E-state index contributed by atoms with van der Waals surface area (Å²) in [5.74, 6) is 0.552. The molecule has 5 nitrogen and oxygen atoms in total. The Kier molecular flexibility index (Phi) is 6.52. The fourth-order valence-electron chi connectivity index (χ4n) is 2.72. The van der Waals surface area contributed by atoms with Crippen molar-refractivity contribution in [3.8, 4) is 11.5 Å². The van der Waals surface area contributed by atoms with E-state index in [4.69, 9.17) is 21.1 Å². The van der Waals surface area contributed by atoms with Gasteiger partial charge in [0.05, 0.1) is 12.8 Å². The third kappa shape index (κ3) is 5.15. The topological polar surface area (TPSA) is 64.6 Å². The maximum atomic E-state index is 12.4. The molecule has 0 saturated heterocycles. The molecule has 0 bridgehead atoms. The number of carbonyl (C=O) groups is 2. The lowest BCUT2D eigenvalue weighted by Gasteiger charge is -2.13. The van der Waals surface area contributed by atoms with Crippen LogP contribution in [0.3, 0.4) is 0 Å². The van der Waals surface area contributed by atoms with Crippen LogP contribution in [0, 0.1) is 6.92 Å². The summed E-state index contributed by atoms with van der Waals surface area (Å²) in [6.45, 7) is 1.66. The average Bonchev–Trinajstić information content (AvgIpc) is 2.75. The molecule has 148 valence electrons. The molecule has 0 aliphatic carbocycles. The molecule has 0 heterocycles. The molecule has 3 aromatic rings. The molecular weight excluding hydrogens is 390 g/mol. The molecule has 1 N–H and O–H groups in total. The minimum Gasteiger partial charge on any atom is -0.495 e. The largest absolute Gasteiger partial charge is 0.495 e. The van der Waals surface area contributed by atoms with Crippen LogP contribution >= 0.6 is 11.6 Å². The van der Waals surface area contributed by atoms with E-state index >= 15 is 0 Å². The van der Waals surface area contributed by atoms with E-state index in [-0.39, 0.29) is 18.3 Å². The lowest BCUT2D eigenvalue weighted by Crippen LogP contribution is -2.20. The van der Waals surface area contributed by atoms with Gasteiger partial charge in [-0.2, -0.15) is 0 Å². The van der Waals surface area contributed by atoms with E-state index in [1.165, 1.54) is 7.11 Å². The number of benzene rings is 3. The van der Waals surface area contributed by atoms with Crippen LogP contribution in [0.4, 0.5) is 5.69 Å². The minimum absolute atomic E-state index is 0.0694. The number of ether oxygens (including phenoxy) is 2. The number of anilines is 1. The normalized spacial score (nSPS) is 10.3. The summed E-state index contributed by atoms with van der Waals surface area (Å²) < 4.78 is 10.8. The van der Waals surface area contributed by atoms with E-state index in [1.807, 2.05) is 25.1 Å². The Labute approximate surface area is 174 Å². The Morgan fingerprint density at radius 1 is 0.966 bits per heavy atom. The Balaban J connectivity index is 1.60. The molecule has 0 saturated carbocycles. The average molecular weight is 410 g/mol. The molecule has 29 heavy (non-hydrogen) atoms. The first kappa shape index (κ1) is 20.4. The van der Waals surface area contributed by atoms with Crippen molar-refractivity contribution in [1.29, 1.82) is 0 Å². The summed E-state index contributed by atoms with van der Waals surface area (Å²) in [5, 5.41) is 3.31. The Morgan fingerprint density at radius 3 is 2.28 bits per heavy atom. The molecule has 6 heteroatoms. The van der Waals surface area contributed by atoms with Gasteiger partial charge in [0.15, 0.2) is 12.4 Å².